The van der Waals surface area contributed by atoms with Crippen LogP contribution in [0, 0.1) is 5.82 Å². The van der Waals surface area contributed by atoms with E-state index < -0.39 is 24.3 Å². The first-order chi connectivity index (χ1) is 8.27. The van der Waals surface area contributed by atoms with Gasteiger partial charge < -0.3 is 5.11 Å². The first kappa shape index (κ1) is 12.8. The fourth-order valence-electron chi connectivity index (χ4n) is 1.42. The molecule has 0 saturated carbocycles. The number of aliphatic hydroxyl groups is 1. The van der Waals surface area contributed by atoms with E-state index in [0.717, 1.165) is 12.1 Å². The lowest BCUT2D eigenvalue weighted by atomic mass is 10.2. The minimum absolute atomic E-state index is 0.0956. The van der Waals surface area contributed by atoms with E-state index in [1.165, 1.54) is 12.1 Å². The zero-order chi connectivity index (χ0) is 13.4. The molecular weight excluding hydrogens is 256 g/mol. The summed E-state index contributed by atoms with van der Waals surface area (Å²) in [7, 11) is 0. The number of nitrogens with zero attached hydrogens (tertiary/aromatic N) is 1. The Hall–Kier alpha value is -1.67. The van der Waals surface area contributed by atoms with E-state index >= 15 is 0 Å². The molecule has 1 atom stereocenters. The highest BCUT2D eigenvalue weighted by molar-refractivity contribution is 5.98. The number of hydrogen-bond donors (Lipinski definition) is 2. The number of halogens is 4. The Kier molecular flexibility index (Phi) is 2.99. The fraction of sp³-hybridized carbons (Fsp3) is 0.300. The average Bonchev–Trinajstić information content (AvgIpc) is 2.58. The second kappa shape index (κ2) is 4.21. The van der Waals surface area contributed by atoms with E-state index in [1.807, 2.05) is 0 Å². The third kappa shape index (κ3) is 2.96. The summed E-state index contributed by atoms with van der Waals surface area (Å²) in [5.41, 5.74) is 2.38. The molecule has 0 saturated heterocycles. The molecule has 1 unspecified atom stereocenters. The van der Waals surface area contributed by atoms with Crippen molar-refractivity contribution in [3.63, 3.8) is 0 Å². The summed E-state index contributed by atoms with van der Waals surface area (Å²) >= 11 is 0. The molecule has 0 aromatic heterocycles. The van der Waals surface area contributed by atoms with Gasteiger partial charge in [-0.2, -0.15) is 13.2 Å². The minimum atomic E-state index is -4.63. The van der Waals surface area contributed by atoms with Crippen LogP contribution in [0.25, 0.3) is 0 Å². The fourth-order valence-corrected chi connectivity index (χ4v) is 1.42. The molecule has 2 N–H and O–H groups in total. The summed E-state index contributed by atoms with van der Waals surface area (Å²) in [5.74, 6) is -3.28. The number of hydrogen-bond acceptors (Lipinski definition) is 4. The molecule has 98 valence electrons. The van der Waals surface area contributed by atoms with Crippen LogP contribution in [-0.4, -0.2) is 23.0 Å². The molecule has 0 amide bonds. The van der Waals surface area contributed by atoms with Gasteiger partial charge in [0, 0.05) is 5.56 Å². The van der Waals surface area contributed by atoms with Crippen molar-refractivity contribution in [2.24, 2.45) is 4.99 Å². The molecule has 18 heavy (non-hydrogen) atoms. The van der Waals surface area contributed by atoms with Gasteiger partial charge in [-0.15, -0.1) is 0 Å². The van der Waals surface area contributed by atoms with Gasteiger partial charge in [0.1, 0.15) is 12.2 Å². The molecule has 1 heterocycles. The topological polar surface area (TPSA) is 53.9 Å². The number of aliphatic imine (C=N–C) groups is 1. The van der Waals surface area contributed by atoms with Crippen LogP contribution in [0.4, 0.5) is 17.6 Å². The minimum Gasteiger partial charge on any atom is -0.346 e. The molecule has 1 aromatic rings. The van der Waals surface area contributed by atoms with Gasteiger partial charge in [-0.1, -0.05) is 0 Å². The van der Waals surface area contributed by atoms with Crippen molar-refractivity contribution in [2.45, 2.75) is 18.5 Å². The van der Waals surface area contributed by atoms with Gasteiger partial charge in [-0.3, -0.25) is 0 Å². The molecule has 0 aliphatic carbocycles. The molecule has 4 nitrogen and oxygen atoms in total. The average molecular weight is 264 g/mol. The largest absolute Gasteiger partial charge is 0.396 e. The SMILES string of the molecule is OC1(CC(F)(F)F)N=C(c2ccc(F)cc2)NO1. The maximum absolute atomic E-state index is 12.7. The van der Waals surface area contributed by atoms with Gasteiger partial charge in [0.05, 0.1) is 0 Å². The highest BCUT2D eigenvalue weighted by Crippen LogP contribution is 2.31. The quantitative estimate of drug-likeness (QED) is 0.799. The molecule has 1 aliphatic heterocycles. The molecular formula is C10H8F4N2O2. The van der Waals surface area contributed by atoms with Gasteiger partial charge in [-0.05, 0) is 24.3 Å². The number of rotatable bonds is 2. The van der Waals surface area contributed by atoms with Gasteiger partial charge >= 0.3 is 6.18 Å². The second-order valence-corrected chi connectivity index (χ2v) is 3.71. The lowest BCUT2D eigenvalue weighted by Crippen LogP contribution is -2.35. The van der Waals surface area contributed by atoms with Gasteiger partial charge in [0.2, 0.25) is 0 Å². The molecule has 0 bridgehead atoms. The van der Waals surface area contributed by atoms with Crippen LogP contribution in [0.2, 0.25) is 0 Å². The van der Waals surface area contributed by atoms with Gasteiger partial charge in [0.25, 0.3) is 5.91 Å². The molecule has 1 aliphatic rings. The summed E-state index contributed by atoms with van der Waals surface area (Å²) < 4.78 is 49.1. The lowest BCUT2D eigenvalue weighted by molar-refractivity contribution is -0.266. The summed E-state index contributed by atoms with van der Waals surface area (Å²) in [6, 6.07) is 4.81. The predicted molar refractivity (Wildman–Crippen MR) is 52.8 cm³/mol. The van der Waals surface area contributed by atoms with E-state index in [9.17, 15) is 22.7 Å². The standard InChI is InChI=1S/C10H8F4N2O2/c11-7-3-1-6(2-4-7)8-15-10(17,18-16-8)5-9(12,13)14/h1-4,17H,5H2,(H,15,16). The Bertz CT molecular complexity index is 472. The Morgan fingerprint density at radius 3 is 2.44 bits per heavy atom. The van der Waals surface area contributed by atoms with Crippen molar-refractivity contribution in [1.82, 2.24) is 5.48 Å². The van der Waals surface area contributed by atoms with E-state index in [2.05, 4.69) is 15.3 Å². The molecule has 0 spiro atoms. The summed E-state index contributed by atoms with van der Waals surface area (Å²) in [5, 5.41) is 9.45. The van der Waals surface area contributed by atoms with Crippen molar-refractivity contribution >= 4 is 5.84 Å². The number of benzene rings is 1. The molecule has 2 rings (SSSR count). The molecule has 0 fully saturated rings. The third-order valence-electron chi connectivity index (χ3n) is 2.15. The Morgan fingerprint density at radius 2 is 1.89 bits per heavy atom. The lowest BCUT2D eigenvalue weighted by Gasteiger charge is -2.17. The van der Waals surface area contributed by atoms with Crippen LogP contribution in [0.5, 0.6) is 0 Å². The van der Waals surface area contributed by atoms with Crippen molar-refractivity contribution in [3.05, 3.63) is 35.6 Å². The Balaban J connectivity index is 2.20. The van der Waals surface area contributed by atoms with Crippen LogP contribution in [0.1, 0.15) is 12.0 Å². The summed E-state index contributed by atoms with van der Waals surface area (Å²) in [6.45, 7) is 0. The van der Waals surface area contributed by atoms with Crippen LogP contribution < -0.4 is 5.48 Å². The van der Waals surface area contributed by atoms with Crippen molar-refractivity contribution in [1.29, 1.82) is 0 Å². The first-order valence-corrected chi connectivity index (χ1v) is 4.86. The number of hydroxylamine groups is 1. The van der Waals surface area contributed by atoms with Crippen molar-refractivity contribution in [3.8, 4) is 0 Å². The molecule has 1 aromatic carbocycles. The molecule has 0 radical (unpaired) electrons. The van der Waals surface area contributed by atoms with Crippen molar-refractivity contribution < 1.29 is 27.5 Å². The number of alkyl halides is 3. The number of amidine groups is 1. The summed E-state index contributed by atoms with van der Waals surface area (Å²) in [4.78, 5) is 7.80. The van der Waals surface area contributed by atoms with E-state index in [1.54, 1.807) is 0 Å². The van der Waals surface area contributed by atoms with Crippen LogP contribution in [0.3, 0.4) is 0 Å². The van der Waals surface area contributed by atoms with Gasteiger partial charge in [-0.25, -0.2) is 19.7 Å². The maximum atomic E-state index is 12.7. The maximum Gasteiger partial charge on any atom is 0.396 e. The highest BCUT2D eigenvalue weighted by atomic mass is 19.4. The monoisotopic (exact) mass is 264 g/mol. The van der Waals surface area contributed by atoms with Crippen LogP contribution in [0.15, 0.2) is 29.3 Å². The normalized spacial score (nSPS) is 23.7. The number of nitrogens with one attached hydrogen (secondary N) is 1. The van der Waals surface area contributed by atoms with Crippen LogP contribution >= 0.6 is 0 Å². The zero-order valence-electron chi connectivity index (χ0n) is 8.83. The highest BCUT2D eigenvalue weighted by Gasteiger charge is 2.46. The third-order valence-corrected chi connectivity index (χ3v) is 2.15. The van der Waals surface area contributed by atoms with Crippen LogP contribution in [-0.2, 0) is 4.84 Å². The molecule has 8 heteroatoms. The first-order valence-electron chi connectivity index (χ1n) is 4.86. The van der Waals surface area contributed by atoms with Crippen molar-refractivity contribution in [2.75, 3.05) is 0 Å². The Morgan fingerprint density at radius 1 is 1.28 bits per heavy atom. The van der Waals surface area contributed by atoms with E-state index in [4.69, 9.17) is 0 Å². The zero-order valence-corrected chi connectivity index (χ0v) is 8.83. The predicted octanol–water partition coefficient (Wildman–Crippen LogP) is 1.71. The summed E-state index contributed by atoms with van der Waals surface area (Å²) in [6.07, 6.45) is -6.27. The second-order valence-electron chi connectivity index (χ2n) is 3.71. The smallest absolute Gasteiger partial charge is 0.346 e. The van der Waals surface area contributed by atoms with Gasteiger partial charge in [0.15, 0.2) is 5.84 Å². The van der Waals surface area contributed by atoms with E-state index in [-0.39, 0.29) is 5.84 Å². The Labute approximate surface area is 98.9 Å². The van der Waals surface area contributed by atoms with E-state index in [0.29, 0.717) is 5.56 Å².